The highest BCUT2D eigenvalue weighted by Crippen LogP contribution is 2.16. The first-order valence-corrected chi connectivity index (χ1v) is 7.64. The van der Waals surface area contributed by atoms with Gasteiger partial charge in [-0.25, -0.2) is 8.78 Å². The van der Waals surface area contributed by atoms with Crippen molar-refractivity contribution in [2.45, 2.75) is 39.7 Å². The van der Waals surface area contributed by atoms with E-state index in [-0.39, 0.29) is 6.54 Å². The van der Waals surface area contributed by atoms with Crippen molar-refractivity contribution in [3.8, 4) is 0 Å². The van der Waals surface area contributed by atoms with E-state index in [4.69, 9.17) is 0 Å². The van der Waals surface area contributed by atoms with E-state index in [0.717, 1.165) is 18.7 Å². The van der Waals surface area contributed by atoms with Crippen molar-refractivity contribution in [1.29, 1.82) is 0 Å². The zero-order chi connectivity index (χ0) is 15.8. The van der Waals surface area contributed by atoms with Gasteiger partial charge in [0, 0.05) is 13.1 Å². The average molecular weight is 298 g/mol. The summed E-state index contributed by atoms with van der Waals surface area (Å²) in [5.41, 5.74) is 2.36. The van der Waals surface area contributed by atoms with Crippen molar-refractivity contribution in [2.75, 3.05) is 26.7 Å². The quantitative estimate of drug-likeness (QED) is 0.747. The monoisotopic (exact) mass is 298 g/mol. The number of nitrogens with zero attached hydrogens (tertiary/aromatic N) is 1. The minimum atomic E-state index is -2.28. The summed E-state index contributed by atoms with van der Waals surface area (Å²) in [5, 5.41) is 3.46. The molecule has 0 saturated heterocycles. The molecule has 0 amide bonds. The van der Waals surface area contributed by atoms with Gasteiger partial charge >= 0.3 is 0 Å². The maximum Gasteiger partial charge on any atom is 0.251 e. The summed E-state index contributed by atoms with van der Waals surface area (Å²) in [7, 11) is 1.72. The molecule has 0 spiro atoms. The van der Waals surface area contributed by atoms with Crippen LogP contribution < -0.4 is 5.32 Å². The predicted octanol–water partition coefficient (Wildman–Crippen LogP) is 3.73. The van der Waals surface area contributed by atoms with Crippen molar-refractivity contribution in [1.82, 2.24) is 10.2 Å². The van der Waals surface area contributed by atoms with E-state index in [1.54, 1.807) is 11.9 Å². The molecule has 1 unspecified atom stereocenters. The van der Waals surface area contributed by atoms with Crippen LogP contribution in [0.1, 0.15) is 37.8 Å². The maximum atomic E-state index is 12.3. The Morgan fingerprint density at radius 3 is 2.19 bits per heavy atom. The van der Waals surface area contributed by atoms with E-state index < -0.39 is 6.43 Å². The molecule has 0 aliphatic rings. The van der Waals surface area contributed by atoms with Crippen LogP contribution in [-0.4, -0.2) is 38.0 Å². The molecule has 2 nitrogen and oxygen atoms in total. The molecule has 21 heavy (non-hydrogen) atoms. The lowest BCUT2D eigenvalue weighted by atomic mass is 9.99. The van der Waals surface area contributed by atoms with Crippen LogP contribution in [0.4, 0.5) is 8.78 Å². The molecule has 0 aromatic heterocycles. The third-order valence-corrected chi connectivity index (χ3v) is 3.45. The van der Waals surface area contributed by atoms with Gasteiger partial charge in [0.15, 0.2) is 0 Å². The second-order valence-electron chi connectivity index (χ2n) is 6.28. The fourth-order valence-corrected chi connectivity index (χ4v) is 2.27. The summed E-state index contributed by atoms with van der Waals surface area (Å²) in [5.74, 6) is 1.11. The first-order valence-electron chi connectivity index (χ1n) is 7.64. The Kier molecular flexibility index (Phi) is 7.83. The summed E-state index contributed by atoms with van der Waals surface area (Å²) < 4.78 is 24.6. The highest BCUT2D eigenvalue weighted by atomic mass is 19.3. The second-order valence-corrected chi connectivity index (χ2v) is 6.28. The molecule has 1 N–H and O–H groups in total. The van der Waals surface area contributed by atoms with Crippen molar-refractivity contribution in [3.05, 3.63) is 35.4 Å². The minimum absolute atomic E-state index is 0.183. The Hall–Kier alpha value is -1.00. The van der Waals surface area contributed by atoms with E-state index in [2.05, 4.69) is 38.2 Å². The molecular weight excluding hydrogens is 270 g/mol. The molecule has 0 bridgehead atoms. The zero-order valence-electron chi connectivity index (χ0n) is 13.6. The molecule has 120 valence electrons. The van der Waals surface area contributed by atoms with Gasteiger partial charge in [0.25, 0.3) is 6.43 Å². The molecule has 0 heterocycles. The molecule has 1 aromatic carbocycles. The summed E-state index contributed by atoms with van der Waals surface area (Å²) >= 11 is 0. The van der Waals surface area contributed by atoms with E-state index in [1.807, 2.05) is 12.1 Å². The van der Waals surface area contributed by atoms with Gasteiger partial charge in [-0.3, -0.25) is 4.90 Å². The number of rotatable bonds is 9. The van der Waals surface area contributed by atoms with Crippen LogP contribution in [0.25, 0.3) is 0 Å². The normalized spacial score (nSPS) is 13.4. The highest BCUT2D eigenvalue weighted by molar-refractivity contribution is 5.25. The topological polar surface area (TPSA) is 15.3 Å². The van der Waals surface area contributed by atoms with Crippen LogP contribution in [0.5, 0.6) is 0 Å². The van der Waals surface area contributed by atoms with E-state index in [9.17, 15) is 8.78 Å². The Labute approximate surface area is 127 Å². The Morgan fingerprint density at radius 1 is 1.05 bits per heavy atom. The SMILES string of the molecule is CC(C)CNCC(C)c1ccc(CN(C)CC(F)F)cc1. The molecule has 0 radical (unpaired) electrons. The third kappa shape index (κ3) is 7.53. The lowest BCUT2D eigenvalue weighted by molar-refractivity contribution is 0.0975. The van der Waals surface area contributed by atoms with Gasteiger partial charge in [-0.15, -0.1) is 0 Å². The fourth-order valence-electron chi connectivity index (χ4n) is 2.27. The third-order valence-electron chi connectivity index (χ3n) is 3.45. The lowest BCUT2D eigenvalue weighted by Crippen LogP contribution is -2.24. The zero-order valence-corrected chi connectivity index (χ0v) is 13.6. The second kappa shape index (κ2) is 9.11. The van der Waals surface area contributed by atoms with Crippen molar-refractivity contribution in [3.63, 3.8) is 0 Å². The first kappa shape index (κ1) is 18.1. The number of halogens is 2. The molecule has 0 aliphatic carbocycles. The summed E-state index contributed by atoms with van der Waals surface area (Å²) in [6, 6.07) is 8.28. The van der Waals surface area contributed by atoms with Gasteiger partial charge in [-0.2, -0.15) is 0 Å². The van der Waals surface area contributed by atoms with Crippen LogP contribution >= 0.6 is 0 Å². The minimum Gasteiger partial charge on any atom is -0.316 e. The fraction of sp³-hybridized carbons (Fsp3) is 0.647. The molecule has 1 aromatic rings. The molecule has 4 heteroatoms. The largest absolute Gasteiger partial charge is 0.316 e. The highest BCUT2D eigenvalue weighted by Gasteiger charge is 2.09. The molecule has 1 rings (SSSR count). The van der Waals surface area contributed by atoms with Crippen LogP contribution in [0, 0.1) is 5.92 Å². The lowest BCUT2D eigenvalue weighted by Gasteiger charge is -2.17. The van der Waals surface area contributed by atoms with Gasteiger partial charge in [-0.05, 0) is 36.6 Å². The van der Waals surface area contributed by atoms with Gasteiger partial charge in [0.1, 0.15) is 0 Å². The van der Waals surface area contributed by atoms with Gasteiger partial charge in [0.2, 0.25) is 0 Å². The van der Waals surface area contributed by atoms with Crippen LogP contribution in [0.2, 0.25) is 0 Å². The first-order chi connectivity index (χ1) is 9.88. The summed E-state index contributed by atoms with van der Waals surface area (Å²) in [6.07, 6.45) is -2.28. The van der Waals surface area contributed by atoms with Gasteiger partial charge in [-0.1, -0.05) is 45.0 Å². The standard InChI is InChI=1S/C17H28F2N2/c1-13(2)9-20-10-14(3)16-7-5-15(6-8-16)11-21(4)12-17(18)19/h5-8,13-14,17,20H,9-12H2,1-4H3. The van der Waals surface area contributed by atoms with Crippen LogP contribution in [0.3, 0.4) is 0 Å². The van der Waals surface area contributed by atoms with E-state index in [1.165, 1.54) is 5.56 Å². The van der Waals surface area contributed by atoms with E-state index >= 15 is 0 Å². The van der Waals surface area contributed by atoms with Gasteiger partial charge in [0.05, 0.1) is 6.54 Å². The number of nitrogens with one attached hydrogen (secondary N) is 1. The van der Waals surface area contributed by atoms with Crippen molar-refractivity contribution < 1.29 is 8.78 Å². The Bertz CT molecular complexity index is 390. The van der Waals surface area contributed by atoms with E-state index in [0.29, 0.717) is 18.4 Å². The smallest absolute Gasteiger partial charge is 0.251 e. The molecule has 0 saturated carbocycles. The Morgan fingerprint density at radius 2 is 1.67 bits per heavy atom. The maximum absolute atomic E-state index is 12.3. The number of alkyl halides is 2. The molecular formula is C17H28F2N2. The van der Waals surface area contributed by atoms with Gasteiger partial charge < -0.3 is 5.32 Å². The van der Waals surface area contributed by atoms with Crippen LogP contribution in [0.15, 0.2) is 24.3 Å². The summed E-state index contributed by atoms with van der Waals surface area (Å²) in [4.78, 5) is 1.65. The van der Waals surface area contributed by atoms with Crippen molar-refractivity contribution in [2.24, 2.45) is 5.92 Å². The summed E-state index contributed by atoms with van der Waals surface area (Å²) in [6.45, 7) is 8.96. The number of benzene rings is 1. The molecule has 0 fully saturated rings. The van der Waals surface area contributed by atoms with Crippen LogP contribution in [-0.2, 0) is 6.54 Å². The number of hydrogen-bond acceptors (Lipinski definition) is 2. The molecule has 1 atom stereocenters. The predicted molar refractivity (Wildman–Crippen MR) is 84.9 cm³/mol. The average Bonchev–Trinajstić information content (AvgIpc) is 2.37. The van der Waals surface area contributed by atoms with Crippen molar-refractivity contribution >= 4 is 0 Å². The molecule has 0 aliphatic heterocycles. The Balaban J connectivity index is 2.45. The number of hydrogen-bond donors (Lipinski definition) is 1.